The van der Waals surface area contributed by atoms with Crippen molar-refractivity contribution in [1.82, 2.24) is 0 Å². The van der Waals surface area contributed by atoms with Gasteiger partial charge in [-0.05, 0) is 103 Å². The third-order valence-corrected chi connectivity index (χ3v) is 10.4. The lowest BCUT2D eigenvalue weighted by Crippen LogP contribution is -2.30. The number of carbonyl (C=O) groups is 3. The van der Waals surface area contributed by atoms with Crippen LogP contribution in [0.1, 0.15) is 226 Å². The largest absolute Gasteiger partial charge is 0.462 e. The number of hydrogen-bond acceptors (Lipinski definition) is 6. The van der Waals surface area contributed by atoms with Crippen molar-refractivity contribution in [1.29, 1.82) is 0 Å². The van der Waals surface area contributed by atoms with E-state index < -0.39 is 6.10 Å². The van der Waals surface area contributed by atoms with Crippen LogP contribution in [-0.2, 0) is 28.6 Å². The van der Waals surface area contributed by atoms with Crippen molar-refractivity contribution in [3.05, 3.63) is 85.1 Å². The molecule has 0 radical (unpaired) electrons. The highest BCUT2D eigenvalue weighted by Crippen LogP contribution is 2.13. The number of hydrogen-bond donors (Lipinski definition) is 0. The Labute approximate surface area is 375 Å². The molecule has 0 N–H and O–H groups in total. The molecule has 0 bridgehead atoms. The van der Waals surface area contributed by atoms with E-state index in [0.717, 1.165) is 103 Å². The maximum atomic E-state index is 12.8. The van der Waals surface area contributed by atoms with E-state index in [0.29, 0.717) is 19.3 Å². The standard InChI is InChI=1S/C55H92O6/c1-4-7-10-13-16-19-22-25-27-30-33-36-39-42-45-48-54(57)60-51-52(50-59-53(56)47-44-41-38-35-32-29-24-21-18-15-12-9-6-3)61-55(58)49-46-43-40-37-34-31-28-26-23-20-17-14-11-8-5-2/h9,12,16,18-19,21,25-29,32,38,41,52H,4-8,10-11,13-15,17,20,22-24,30-31,33-37,39-40,42-51H2,1-3H3/b12-9-,19-16-,21-18-,27-25-,28-26-,32-29-,41-38-. The molecule has 6 heteroatoms. The van der Waals surface area contributed by atoms with E-state index in [1.54, 1.807) is 0 Å². The number of carbonyl (C=O) groups excluding carboxylic acids is 3. The molecule has 1 atom stereocenters. The minimum atomic E-state index is -0.814. The molecule has 0 rings (SSSR count). The van der Waals surface area contributed by atoms with Gasteiger partial charge in [0, 0.05) is 19.3 Å². The van der Waals surface area contributed by atoms with Crippen molar-refractivity contribution in [3.8, 4) is 0 Å². The molecule has 6 nitrogen and oxygen atoms in total. The van der Waals surface area contributed by atoms with Gasteiger partial charge in [-0.3, -0.25) is 14.4 Å². The third-order valence-electron chi connectivity index (χ3n) is 10.4. The quantitative estimate of drug-likeness (QED) is 0.0263. The Balaban J connectivity index is 4.51. The third kappa shape index (κ3) is 47.5. The zero-order valence-electron chi connectivity index (χ0n) is 39.7. The lowest BCUT2D eigenvalue weighted by Gasteiger charge is -2.18. The first-order valence-electron chi connectivity index (χ1n) is 25.1. The second-order valence-corrected chi connectivity index (χ2v) is 16.3. The molecule has 0 aliphatic rings. The lowest BCUT2D eigenvalue weighted by atomic mass is 10.1. The van der Waals surface area contributed by atoms with Crippen molar-refractivity contribution in [2.75, 3.05) is 13.2 Å². The minimum Gasteiger partial charge on any atom is -0.462 e. The van der Waals surface area contributed by atoms with E-state index >= 15 is 0 Å². The number of rotatable bonds is 44. The molecular formula is C55H92O6. The van der Waals surface area contributed by atoms with Crippen LogP contribution in [0.25, 0.3) is 0 Å². The predicted molar refractivity (Wildman–Crippen MR) is 261 cm³/mol. The van der Waals surface area contributed by atoms with E-state index in [-0.39, 0.29) is 37.5 Å². The molecule has 348 valence electrons. The zero-order chi connectivity index (χ0) is 44.4. The number of ether oxygens (including phenoxy) is 3. The Bertz CT molecular complexity index is 1200. The summed E-state index contributed by atoms with van der Waals surface area (Å²) in [6, 6.07) is 0. The Morgan fingerprint density at radius 2 is 0.672 bits per heavy atom. The number of esters is 3. The number of allylic oxidation sites excluding steroid dienone is 14. The molecule has 1 unspecified atom stereocenters. The van der Waals surface area contributed by atoms with Crippen LogP contribution in [0.15, 0.2) is 85.1 Å². The highest BCUT2D eigenvalue weighted by molar-refractivity contribution is 5.71. The summed E-state index contributed by atoms with van der Waals surface area (Å²) in [5.74, 6) is -1.02. The summed E-state index contributed by atoms with van der Waals surface area (Å²) in [4.78, 5) is 37.9. The Hall–Kier alpha value is -3.41. The van der Waals surface area contributed by atoms with Gasteiger partial charge in [-0.15, -0.1) is 0 Å². The maximum Gasteiger partial charge on any atom is 0.306 e. The second kappa shape index (κ2) is 49.2. The van der Waals surface area contributed by atoms with Gasteiger partial charge in [-0.1, -0.05) is 189 Å². The van der Waals surface area contributed by atoms with Crippen LogP contribution in [0, 0.1) is 0 Å². The van der Waals surface area contributed by atoms with Crippen LogP contribution in [0.2, 0.25) is 0 Å². The van der Waals surface area contributed by atoms with E-state index in [4.69, 9.17) is 14.2 Å². The molecule has 0 saturated heterocycles. The molecule has 0 aromatic carbocycles. The normalized spacial score (nSPS) is 12.8. The summed E-state index contributed by atoms with van der Waals surface area (Å²) in [6.45, 7) is 6.40. The molecule has 0 fully saturated rings. The SMILES string of the molecule is CC/C=C\C/C=C\C/C=C\C/C=C\CCC(=O)OCC(COC(=O)CCCCCCC/C=C\C/C=C\CCCCC)OC(=O)CCCCCCC/C=C\CCCCCCCC. The van der Waals surface area contributed by atoms with Crippen molar-refractivity contribution in [3.63, 3.8) is 0 Å². The van der Waals surface area contributed by atoms with Crippen LogP contribution in [0.4, 0.5) is 0 Å². The molecule has 0 amide bonds. The summed E-state index contributed by atoms with van der Waals surface area (Å²) in [5, 5.41) is 0. The molecule has 0 aliphatic carbocycles. The lowest BCUT2D eigenvalue weighted by molar-refractivity contribution is -0.166. The van der Waals surface area contributed by atoms with E-state index in [1.807, 2.05) is 12.2 Å². The number of unbranched alkanes of at least 4 members (excludes halogenated alkanes) is 19. The Morgan fingerprint density at radius 3 is 1.15 bits per heavy atom. The fourth-order valence-electron chi connectivity index (χ4n) is 6.60. The Kier molecular flexibility index (Phi) is 46.5. The van der Waals surface area contributed by atoms with Crippen LogP contribution in [-0.4, -0.2) is 37.2 Å². The summed E-state index contributed by atoms with van der Waals surface area (Å²) in [5.41, 5.74) is 0. The predicted octanol–water partition coefficient (Wildman–Crippen LogP) is 16.4. The average Bonchev–Trinajstić information content (AvgIpc) is 3.26. The molecule has 0 aromatic rings. The van der Waals surface area contributed by atoms with Crippen molar-refractivity contribution in [2.45, 2.75) is 232 Å². The second-order valence-electron chi connectivity index (χ2n) is 16.3. The smallest absolute Gasteiger partial charge is 0.306 e. The summed E-state index contributed by atoms with van der Waals surface area (Å²) in [7, 11) is 0. The first-order chi connectivity index (χ1) is 30.0. The molecule has 61 heavy (non-hydrogen) atoms. The molecule has 0 aliphatic heterocycles. The van der Waals surface area contributed by atoms with Gasteiger partial charge in [0.1, 0.15) is 13.2 Å². The first-order valence-corrected chi connectivity index (χ1v) is 25.1. The highest BCUT2D eigenvalue weighted by Gasteiger charge is 2.19. The van der Waals surface area contributed by atoms with Crippen molar-refractivity contribution >= 4 is 17.9 Å². The average molecular weight is 849 g/mol. The fourth-order valence-corrected chi connectivity index (χ4v) is 6.60. The van der Waals surface area contributed by atoms with E-state index in [2.05, 4.69) is 93.7 Å². The Morgan fingerprint density at radius 1 is 0.344 bits per heavy atom. The molecule has 0 heterocycles. The minimum absolute atomic E-state index is 0.110. The molecule has 0 saturated carbocycles. The van der Waals surface area contributed by atoms with Gasteiger partial charge in [0.05, 0.1) is 0 Å². The van der Waals surface area contributed by atoms with Crippen LogP contribution in [0.5, 0.6) is 0 Å². The van der Waals surface area contributed by atoms with Gasteiger partial charge in [-0.2, -0.15) is 0 Å². The molecule has 0 aromatic heterocycles. The van der Waals surface area contributed by atoms with E-state index in [9.17, 15) is 14.4 Å². The van der Waals surface area contributed by atoms with Gasteiger partial charge in [0.2, 0.25) is 0 Å². The van der Waals surface area contributed by atoms with Gasteiger partial charge in [0.25, 0.3) is 0 Å². The summed E-state index contributed by atoms with van der Waals surface area (Å²) >= 11 is 0. The van der Waals surface area contributed by atoms with Gasteiger partial charge >= 0.3 is 17.9 Å². The topological polar surface area (TPSA) is 78.9 Å². The van der Waals surface area contributed by atoms with Gasteiger partial charge < -0.3 is 14.2 Å². The van der Waals surface area contributed by atoms with Gasteiger partial charge in [0.15, 0.2) is 6.10 Å². The molecular weight excluding hydrogens is 757 g/mol. The van der Waals surface area contributed by atoms with Crippen molar-refractivity contribution in [2.24, 2.45) is 0 Å². The summed E-state index contributed by atoms with van der Waals surface area (Å²) in [6.07, 6.45) is 62.9. The highest BCUT2D eigenvalue weighted by atomic mass is 16.6. The monoisotopic (exact) mass is 849 g/mol. The van der Waals surface area contributed by atoms with Crippen molar-refractivity contribution < 1.29 is 28.6 Å². The molecule has 0 spiro atoms. The van der Waals surface area contributed by atoms with Crippen LogP contribution < -0.4 is 0 Å². The van der Waals surface area contributed by atoms with Crippen LogP contribution >= 0.6 is 0 Å². The first kappa shape index (κ1) is 57.6. The van der Waals surface area contributed by atoms with Crippen LogP contribution in [0.3, 0.4) is 0 Å². The maximum absolute atomic E-state index is 12.8. The summed E-state index contributed by atoms with van der Waals surface area (Å²) < 4.78 is 16.7. The van der Waals surface area contributed by atoms with Gasteiger partial charge in [-0.25, -0.2) is 0 Å². The van der Waals surface area contributed by atoms with E-state index in [1.165, 1.54) is 77.0 Å². The fraction of sp³-hybridized carbons (Fsp3) is 0.691. The zero-order valence-corrected chi connectivity index (χ0v) is 39.7.